The topological polar surface area (TPSA) is 53.5 Å². The van der Waals surface area contributed by atoms with Crippen LogP contribution in [0.1, 0.15) is 40.0 Å². The normalized spacial score (nSPS) is 16.7. The SMILES string of the molecule is O=C(Cc1ccc2c(c1)CCC2)N1CCCN(C(=O)c2ccccn2)CC1. The lowest BCUT2D eigenvalue weighted by atomic mass is 10.0. The summed E-state index contributed by atoms with van der Waals surface area (Å²) in [5, 5.41) is 0. The summed E-state index contributed by atoms with van der Waals surface area (Å²) >= 11 is 0. The highest BCUT2D eigenvalue weighted by Gasteiger charge is 2.23. The lowest BCUT2D eigenvalue weighted by Gasteiger charge is -2.22. The van der Waals surface area contributed by atoms with E-state index in [1.807, 2.05) is 15.9 Å². The maximum absolute atomic E-state index is 12.8. The fourth-order valence-electron chi connectivity index (χ4n) is 4.04. The van der Waals surface area contributed by atoms with E-state index in [4.69, 9.17) is 0 Å². The number of rotatable bonds is 3. The van der Waals surface area contributed by atoms with Gasteiger partial charge in [-0.3, -0.25) is 14.6 Å². The lowest BCUT2D eigenvalue weighted by Crippen LogP contribution is -2.38. The summed E-state index contributed by atoms with van der Waals surface area (Å²) in [6, 6.07) is 11.8. The predicted molar refractivity (Wildman–Crippen MR) is 104 cm³/mol. The highest BCUT2D eigenvalue weighted by atomic mass is 16.2. The van der Waals surface area contributed by atoms with Crippen LogP contribution >= 0.6 is 0 Å². The Morgan fingerprint density at radius 2 is 1.70 bits per heavy atom. The molecular formula is C22H25N3O2. The molecule has 0 saturated carbocycles. The molecule has 1 aromatic heterocycles. The molecule has 2 aromatic rings. The van der Waals surface area contributed by atoms with Crippen molar-refractivity contribution < 1.29 is 9.59 Å². The monoisotopic (exact) mass is 363 g/mol. The number of hydrogen-bond donors (Lipinski definition) is 0. The van der Waals surface area contributed by atoms with E-state index < -0.39 is 0 Å². The van der Waals surface area contributed by atoms with Gasteiger partial charge in [0.25, 0.3) is 5.91 Å². The molecule has 0 spiro atoms. The second-order valence-electron chi connectivity index (χ2n) is 7.37. The van der Waals surface area contributed by atoms with Gasteiger partial charge in [-0.1, -0.05) is 24.3 Å². The van der Waals surface area contributed by atoms with E-state index in [1.165, 1.54) is 17.5 Å². The highest BCUT2D eigenvalue weighted by molar-refractivity contribution is 5.92. The van der Waals surface area contributed by atoms with E-state index in [9.17, 15) is 9.59 Å². The van der Waals surface area contributed by atoms with Crippen LogP contribution in [0.2, 0.25) is 0 Å². The van der Waals surface area contributed by atoms with E-state index in [1.54, 1.807) is 18.3 Å². The van der Waals surface area contributed by atoms with Crippen molar-refractivity contribution in [3.8, 4) is 0 Å². The summed E-state index contributed by atoms with van der Waals surface area (Å²) < 4.78 is 0. The molecule has 0 N–H and O–H groups in total. The molecule has 1 fully saturated rings. The van der Waals surface area contributed by atoms with Gasteiger partial charge < -0.3 is 9.80 Å². The van der Waals surface area contributed by atoms with Crippen molar-refractivity contribution in [2.75, 3.05) is 26.2 Å². The summed E-state index contributed by atoms with van der Waals surface area (Å²) in [6.45, 7) is 2.52. The van der Waals surface area contributed by atoms with Gasteiger partial charge in [0.15, 0.2) is 0 Å². The minimum atomic E-state index is -0.0523. The highest BCUT2D eigenvalue weighted by Crippen LogP contribution is 2.23. The Balaban J connectivity index is 1.36. The number of fused-ring (bicyclic) bond motifs is 1. The van der Waals surface area contributed by atoms with Crippen LogP contribution in [0.3, 0.4) is 0 Å². The van der Waals surface area contributed by atoms with Crippen LogP contribution in [0.4, 0.5) is 0 Å². The van der Waals surface area contributed by atoms with Crippen molar-refractivity contribution in [3.05, 3.63) is 65.0 Å². The maximum Gasteiger partial charge on any atom is 0.272 e. The number of hydrogen-bond acceptors (Lipinski definition) is 3. The molecule has 1 aliphatic carbocycles. The quantitative estimate of drug-likeness (QED) is 0.842. The van der Waals surface area contributed by atoms with Gasteiger partial charge in [-0.15, -0.1) is 0 Å². The van der Waals surface area contributed by atoms with Gasteiger partial charge in [-0.05, 0) is 54.5 Å². The van der Waals surface area contributed by atoms with Gasteiger partial charge in [0.1, 0.15) is 5.69 Å². The molecule has 2 amide bonds. The number of benzene rings is 1. The molecule has 5 heteroatoms. The zero-order chi connectivity index (χ0) is 18.6. The van der Waals surface area contributed by atoms with Crippen molar-refractivity contribution in [1.82, 2.24) is 14.8 Å². The summed E-state index contributed by atoms with van der Waals surface area (Å²) in [7, 11) is 0. The van der Waals surface area contributed by atoms with E-state index in [0.717, 1.165) is 24.8 Å². The van der Waals surface area contributed by atoms with Crippen molar-refractivity contribution >= 4 is 11.8 Å². The lowest BCUT2D eigenvalue weighted by molar-refractivity contribution is -0.130. The Bertz CT molecular complexity index is 835. The number of aryl methyl sites for hydroxylation is 2. The van der Waals surface area contributed by atoms with Gasteiger partial charge in [0.05, 0.1) is 6.42 Å². The fraction of sp³-hybridized carbons (Fsp3) is 0.409. The molecule has 2 heterocycles. The molecule has 2 aliphatic rings. The van der Waals surface area contributed by atoms with Crippen molar-refractivity contribution in [2.24, 2.45) is 0 Å². The Hall–Kier alpha value is -2.69. The zero-order valence-electron chi connectivity index (χ0n) is 15.6. The summed E-state index contributed by atoms with van der Waals surface area (Å²) in [5.41, 5.74) is 4.41. The van der Waals surface area contributed by atoms with Crippen LogP contribution in [0, 0.1) is 0 Å². The first-order chi connectivity index (χ1) is 13.2. The maximum atomic E-state index is 12.8. The van der Waals surface area contributed by atoms with Crippen LogP contribution in [0.5, 0.6) is 0 Å². The molecule has 140 valence electrons. The minimum Gasteiger partial charge on any atom is -0.341 e. The number of carbonyl (C=O) groups excluding carboxylic acids is 2. The number of amides is 2. The fourth-order valence-corrected chi connectivity index (χ4v) is 4.04. The summed E-state index contributed by atoms with van der Waals surface area (Å²) in [4.78, 5) is 33.2. The van der Waals surface area contributed by atoms with E-state index >= 15 is 0 Å². The predicted octanol–water partition coefficient (Wildman–Crippen LogP) is 2.49. The third-order valence-corrected chi connectivity index (χ3v) is 5.54. The number of nitrogens with zero attached hydrogens (tertiary/aromatic N) is 3. The van der Waals surface area contributed by atoms with Crippen molar-refractivity contribution in [1.29, 1.82) is 0 Å². The Morgan fingerprint density at radius 1 is 0.889 bits per heavy atom. The third kappa shape index (κ3) is 4.02. The van der Waals surface area contributed by atoms with Crippen molar-refractivity contribution in [3.63, 3.8) is 0 Å². The van der Waals surface area contributed by atoms with Crippen LogP contribution < -0.4 is 0 Å². The molecule has 0 atom stereocenters. The van der Waals surface area contributed by atoms with E-state index in [0.29, 0.717) is 38.3 Å². The van der Waals surface area contributed by atoms with Crippen LogP contribution in [-0.4, -0.2) is 52.8 Å². The first-order valence-electron chi connectivity index (χ1n) is 9.79. The average Bonchev–Trinajstić information content (AvgIpc) is 3.02. The zero-order valence-corrected chi connectivity index (χ0v) is 15.6. The number of aromatic nitrogens is 1. The molecule has 1 saturated heterocycles. The van der Waals surface area contributed by atoms with E-state index in [2.05, 4.69) is 23.2 Å². The van der Waals surface area contributed by atoms with E-state index in [-0.39, 0.29) is 11.8 Å². The molecule has 0 unspecified atom stereocenters. The Morgan fingerprint density at radius 3 is 2.56 bits per heavy atom. The van der Waals surface area contributed by atoms with Crippen LogP contribution in [0.15, 0.2) is 42.6 Å². The standard InChI is InChI=1S/C22H25N3O2/c26-21(16-17-8-9-18-5-3-6-19(18)15-17)24-11-4-12-25(14-13-24)22(27)20-7-1-2-10-23-20/h1-2,7-10,15H,3-6,11-14,16H2. The molecule has 27 heavy (non-hydrogen) atoms. The largest absolute Gasteiger partial charge is 0.341 e. The molecule has 4 rings (SSSR count). The first-order valence-corrected chi connectivity index (χ1v) is 9.79. The smallest absolute Gasteiger partial charge is 0.272 e. The second kappa shape index (κ2) is 7.91. The molecule has 1 aromatic carbocycles. The first kappa shape index (κ1) is 17.7. The molecule has 0 bridgehead atoms. The van der Waals surface area contributed by atoms with Gasteiger partial charge in [-0.25, -0.2) is 0 Å². The second-order valence-corrected chi connectivity index (χ2v) is 7.37. The number of pyridine rings is 1. The van der Waals surface area contributed by atoms with Gasteiger partial charge in [0.2, 0.25) is 5.91 Å². The van der Waals surface area contributed by atoms with Gasteiger partial charge in [-0.2, -0.15) is 0 Å². The van der Waals surface area contributed by atoms with Crippen molar-refractivity contribution in [2.45, 2.75) is 32.1 Å². The van der Waals surface area contributed by atoms with Crippen LogP contribution in [0.25, 0.3) is 0 Å². The summed E-state index contributed by atoms with van der Waals surface area (Å²) in [6.07, 6.45) is 6.40. The average molecular weight is 363 g/mol. The van der Waals surface area contributed by atoms with Gasteiger partial charge in [0, 0.05) is 32.4 Å². The minimum absolute atomic E-state index is 0.0523. The van der Waals surface area contributed by atoms with Crippen LogP contribution in [-0.2, 0) is 24.1 Å². The summed E-state index contributed by atoms with van der Waals surface area (Å²) in [5.74, 6) is 0.101. The molecule has 0 radical (unpaired) electrons. The molecule has 1 aliphatic heterocycles. The molecule has 5 nitrogen and oxygen atoms in total. The molecular weight excluding hydrogens is 338 g/mol. The Labute approximate surface area is 160 Å². The number of carbonyl (C=O) groups is 2. The third-order valence-electron chi connectivity index (χ3n) is 5.54. The Kier molecular flexibility index (Phi) is 5.19. The van der Waals surface area contributed by atoms with Gasteiger partial charge >= 0.3 is 0 Å².